The second-order valence-corrected chi connectivity index (χ2v) is 15.9. The van der Waals surface area contributed by atoms with Crippen LogP contribution in [0.2, 0.25) is 5.04 Å². The number of hydrogen-bond donors (Lipinski definition) is 0. The largest absolute Gasteiger partial charge is 0.494 e. The summed E-state index contributed by atoms with van der Waals surface area (Å²) < 4.78 is 19.0. The van der Waals surface area contributed by atoms with Gasteiger partial charge in [0.05, 0.1) is 5.57 Å². The Morgan fingerprint density at radius 3 is 1.94 bits per heavy atom. The van der Waals surface area contributed by atoms with E-state index in [1.165, 1.54) is 10.4 Å². The molecule has 0 aliphatic carbocycles. The summed E-state index contributed by atoms with van der Waals surface area (Å²) in [6.45, 7) is 16.5. The van der Waals surface area contributed by atoms with E-state index in [-0.39, 0.29) is 23.2 Å². The van der Waals surface area contributed by atoms with Crippen LogP contribution in [0.15, 0.2) is 72.0 Å². The fraction of sp³-hybridized carbons (Fsp3) is 0.500. The van der Waals surface area contributed by atoms with Crippen molar-refractivity contribution in [2.45, 2.75) is 97.5 Å². The molecular formula is C30H42O4Si. The lowest BCUT2D eigenvalue weighted by Crippen LogP contribution is -2.67. The molecule has 2 aromatic rings. The average Bonchev–Trinajstić information content (AvgIpc) is 3.24. The van der Waals surface area contributed by atoms with Gasteiger partial charge in [0.1, 0.15) is 17.5 Å². The van der Waals surface area contributed by atoms with E-state index in [1.807, 2.05) is 20.8 Å². The summed E-state index contributed by atoms with van der Waals surface area (Å²) in [4.78, 5) is 12.5. The molecular weight excluding hydrogens is 452 g/mol. The van der Waals surface area contributed by atoms with Crippen LogP contribution in [0.4, 0.5) is 0 Å². The van der Waals surface area contributed by atoms with Gasteiger partial charge in [-0.25, -0.2) is 4.79 Å². The smallest absolute Gasteiger partial charge is 0.337 e. The van der Waals surface area contributed by atoms with Crippen LogP contribution in [0.25, 0.3) is 0 Å². The Bertz CT molecular complexity index is 976. The Labute approximate surface area is 212 Å². The predicted octanol–water partition coefficient (Wildman–Crippen LogP) is 6.14. The molecule has 0 aromatic heterocycles. The molecule has 1 fully saturated rings. The van der Waals surface area contributed by atoms with Gasteiger partial charge >= 0.3 is 5.97 Å². The van der Waals surface area contributed by atoms with E-state index < -0.39 is 13.9 Å². The van der Waals surface area contributed by atoms with Gasteiger partial charge in [0.25, 0.3) is 8.32 Å². The van der Waals surface area contributed by atoms with E-state index in [4.69, 9.17) is 13.9 Å². The van der Waals surface area contributed by atoms with E-state index in [0.29, 0.717) is 5.57 Å². The highest BCUT2D eigenvalue weighted by molar-refractivity contribution is 6.99. The van der Waals surface area contributed by atoms with Crippen LogP contribution in [0.5, 0.6) is 0 Å². The molecule has 0 N–H and O–H groups in total. The number of carbonyl (C=O) groups is 1. The van der Waals surface area contributed by atoms with E-state index in [9.17, 15) is 4.79 Å². The first-order chi connectivity index (χ1) is 16.3. The lowest BCUT2D eigenvalue weighted by atomic mass is 10.1. The minimum atomic E-state index is -2.61. The maximum atomic E-state index is 12.5. The van der Waals surface area contributed by atoms with Crippen LogP contribution in [0, 0.1) is 0 Å². The quantitative estimate of drug-likeness (QED) is 0.264. The van der Waals surface area contributed by atoms with Gasteiger partial charge in [-0.1, -0.05) is 81.4 Å². The van der Waals surface area contributed by atoms with Crippen molar-refractivity contribution in [1.82, 2.24) is 0 Å². The summed E-state index contributed by atoms with van der Waals surface area (Å²) in [6, 6.07) is 21.4. The monoisotopic (exact) mass is 494 g/mol. The van der Waals surface area contributed by atoms with Gasteiger partial charge in [0.15, 0.2) is 0 Å². The number of benzene rings is 2. The van der Waals surface area contributed by atoms with Crippen LogP contribution >= 0.6 is 0 Å². The molecule has 3 rings (SSSR count). The first-order valence-electron chi connectivity index (χ1n) is 12.7. The molecule has 5 heteroatoms. The second-order valence-electron chi connectivity index (χ2n) is 11.7. The Morgan fingerprint density at radius 1 is 0.971 bits per heavy atom. The first kappa shape index (κ1) is 27.2. The van der Waals surface area contributed by atoms with Gasteiger partial charge < -0.3 is 13.9 Å². The first-order valence-corrected chi connectivity index (χ1v) is 14.6. The average molecular weight is 495 g/mol. The molecule has 0 spiro atoms. The van der Waals surface area contributed by atoms with Crippen molar-refractivity contribution in [3.8, 4) is 0 Å². The minimum absolute atomic E-state index is 0.00696. The molecule has 0 bridgehead atoms. The highest BCUT2D eigenvalue weighted by Crippen LogP contribution is 2.38. The van der Waals surface area contributed by atoms with Gasteiger partial charge in [0, 0.05) is 18.9 Å². The van der Waals surface area contributed by atoms with Crippen molar-refractivity contribution >= 4 is 24.7 Å². The van der Waals surface area contributed by atoms with Crippen LogP contribution in [-0.2, 0) is 18.7 Å². The Kier molecular flexibility index (Phi) is 8.33. The highest BCUT2D eigenvalue weighted by atomic mass is 28.4. The fourth-order valence-corrected chi connectivity index (χ4v) is 9.65. The molecule has 190 valence electrons. The number of allylic oxidation sites excluding steroid dienone is 1. The Hall–Kier alpha value is -2.37. The lowest BCUT2D eigenvalue weighted by molar-refractivity contribution is -0.150. The molecule has 1 aliphatic heterocycles. The Balaban J connectivity index is 1.83. The van der Waals surface area contributed by atoms with Crippen molar-refractivity contribution in [3.63, 3.8) is 0 Å². The van der Waals surface area contributed by atoms with Crippen LogP contribution in [0.3, 0.4) is 0 Å². The fourth-order valence-electron chi connectivity index (χ4n) is 4.93. The molecule has 1 saturated heterocycles. The molecule has 2 unspecified atom stereocenters. The standard InChI is InChI=1S/C30H42O4Si/c1-22(21-24-19-20-27(32-24)23(2)28(31)33-29(3,4)5)34-35(30(6,7)8,25-15-11-9-12-16-25)26-17-13-10-14-18-26/h9-18,22,24H,19-21H2,1-8H3/b27-23+. The molecule has 2 atom stereocenters. The zero-order chi connectivity index (χ0) is 25.9. The van der Waals surface area contributed by atoms with Crippen molar-refractivity contribution < 1.29 is 18.7 Å². The predicted molar refractivity (Wildman–Crippen MR) is 145 cm³/mol. The normalized spacial score (nSPS) is 19.1. The number of ether oxygens (including phenoxy) is 2. The summed E-state index contributed by atoms with van der Waals surface area (Å²) in [5.41, 5.74) is 0.0534. The summed E-state index contributed by atoms with van der Waals surface area (Å²) in [5.74, 6) is 0.451. The third-order valence-electron chi connectivity index (χ3n) is 6.52. The summed E-state index contributed by atoms with van der Waals surface area (Å²) in [5, 5.41) is 2.48. The zero-order valence-electron chi connectivity index (χ0n) is 22.7. The van der Waals surface area contributed by atoms with E-state index in [1.54, 1.807) is 6.92 Å². The van der Waals surface area contributed by atoms with Crippen LogP contribution < -0.4 is 10.4 Å². The maximum absolute atomic E-state index is 12.5. The second kappa shape index (κ2) is 10.7. The van der Waals surface area contributed by atoms with Gasteiger partial charge in [-0.05, 0) is 56.5 Å². The molecule has 1 heterocycles. The zero-order valence-corrected chi connectivity index (χ0v) is 23.7. The molecule has 35 heavy (non-hydrogen) atoms. The number of hydrogen-bond acceptors (Lipinski definition) is 4. The third kappa shape index (κ3) is 6.45. The topological polar surface area (TPSA) is 44.8 Å². The summed E-state index contributed by atoms with van der Waals surface area (Å²) in [6.07, 6.45) is 2.42. The SMILES string of the molecule is C/C(C(=O)OC(C)(C)C)=C1/CCC(CC(C)O[Si](c2ccccc2)(c2ccccc2)C(C)(C)C)O1. The minimum Gasteiger partial charge on any atom is -0.494 e. The maximum Gasteiger partial charge on any atom is 0.337 e. The van der Waals surface area contributed by atoms with E-state index in [2.05, 4.69) is 88.4 Å². The van der Waals surface area contributed by atoms with E-state index in [0.717, 1.165) is 25.0 Å². The van der Waals surface area contributed by atoms with Gasteiger partial charge in [-0.3, -0.25) is 0 Å². The van der Waals surface area contributed by atoms with Gasteiger partial charge in [-0.2, -0.15) is 0 Å². The molecule has 0 amide bonds. The molecule has 0 radical (unpaired) electrons. The van der Waals surface area contributed by atoms with Gasteiger partial charge in [-0.15, -0.1) is 0 Å². The van der Waals surface area contributed by atoms with Crippen molar-refractivity contribution in [3.05, 3.63) is 72.0 Å². The summed E-state index contributed by atoms with van der Waals surface area (Å²) >= 11 is 0. The Morgan fingerprint density at radius 2 is 1.49 bits per heavy atom. The number of rotatable bonds is 7. The van der Waals surface area contributed by atoms with Gasteiger partial charge in [0.2, 0.25) is 0 Å². The van der Waals surface area contributed by atoms with Crippen molar-refractivity contribution in [2.24, 2.45) is 0 Å². The molecule has 0 saturated carbocycles. The lowest BCUT2D eigenvalue weighted by Gasteiger charge is -2.45. The van der Waals surface area contributed by atoms with Crippen molar-refractivity contribution in [2.75, 3.05) is 0 Å². The molecule has 1 aliphatic rings. The number of esters is 1. The van der Waals surface area contributed by atoms with Crippen molar-refractivity contribution in [1.29, 1.82) is 0 Å². The highest BCUT2D eigenvalue weighted by Gasteiger charge is 2.51. The number of carbonyl (C=O) groups excluding carboxylic acids is 1. The van der Waals surface area contributed by atoms with Crippen LogP contribution in [-0.4, -0.2) is 32.1 Å². The summed E-state index contributed by atoms with van der Waals surface area (Å²) in [7, 11) is -2.61. The molecule has 2 aromatic carbocycles. The molecule has 4 nitrogen and oxygen atoms in total. The van der Waals surface area contributed by atoms with E-state index >= 15 is 0 Å². The third-order valence-corrected chi connectivity index (χ3v) is 11.7. The van der Waals surface area contributed by atoms with Crippen LogP contribution in [0.1, 0.15) is 74.7 Å².